The molecule has 1 heterocycles. The Morgan fingerprint density at radius 2 is 2.31 bits per heavy atom. The van der Waals surface area contributed by atoms with E-state index < -0.39 is 5.92 Å². The number of hydrogen-bond acceptors (Lipinski definition) is 1. The fourth-order valence-electron chi connectivity index (χ4n) is 2.45. The SMILES string of the molecule is C[C@@H]1CC(F)(F)c2cc3[nH]ncc3c(Br)c21. The number of hydrogen-bond donors (Lipinski definition) is 1. The van der Waals surface area contributed by atoms with Crippen LogP contribution >= 0.6 is 15.9 Å². The number of fused-ring (bicyclic) bond motifs is 2. The van der Waals surface area contributed by atoms with Crippen molar-refractivity contribution in [3.63, 3.8) is 0 Å². The van der Waals surface area contributed by atoms with E-state index in [1.807, 2.05) is 6.92 Å². The molecule has 0 bridgehead atoms. The highest BCUT2D eigenvalue weighted by molar-refractivity contribution is 9.10. The Morgan fingerprint density at radius 1 is 1.56 bits per heavy atom. The number of H-pyrrole nitrogens is 1. The van der Waals surface area contributed by atoms with Crippen LogP contribution < -0.4 is 0 Å². The molecule has 1 aromatic carbocycles. The number of aromatic amines is 1. The van der Waals surface area contributed by atoms with Crippen molar-refractivity contribution in [3.05, 3.63) is 27.9 Å². The summed E-state index contributed by atoms with van der Waals surface area (Å²) in [6.07, 6.45) is 1.55. The predicted octanol–water partition coefficient (Wildman–Crippen LogP) is 3.92. The van der Waals surface area contributed by atoms with Gasteiger partial charge in [-0.1, -0.05) is 6.92 Å². The van der Waals surface area contributed by atoms with Crippen LogP contribution in [0.5, 0.6) is 0 Å². The monoisotopic (exact) mass is 286 g/mol. The first kappa shape index (κ1) is 10.2. The second-order valence-corrected chi connectivity index (χ2v) is 5.09. The molecule has 1 N–H and O–H groups in total. The largest absolute Gasteiger partial charge is 0.278 e. The van der Waals surface area contributed by atoms with Crippen molar-refractivity contribution < 1.29 is 8.78 Å². The number of nitrogens with one attached hydrogen (secondary N) is 1. The first-order chi connectivity index (χ1) is 7.50. The molecule has 1 aromatic heterocycles. The summed E-state index contributed by atoms with van der Waals surface area (Å²) in [7, 11) is 0. The van der Waals surface area contributed by atoms with Crippen LogP contribution in [0.4, 0.5) is 8.78 Å². The molecule has 16 heavy (non-hydrogen) atoms. The molecule has 0 fully saturated rings. The van der Waals surface area contributed by atoms with E-state index in [1.165, 1.54) is 6.07 Å². The Morgan fingerprint density at radius 3 is 3.06 bits per heavy atom. The van der Waals surface area contributed by atoms with Gasteiger partial charge in [-0.25, -0.2) is 8.78 Å². The van der Waals surface area contributed by atoms with Crippen LogP contribution in [0.3, 0.4) is 0 Å². The molecule has 0 unspecified atom stereocenters. The Labute approximate surface area is 99.2 Å². The first-order valence-electron chi connectivity index (χ1n) is 5.04. The van der Waals surface area contributed by atoms with Gasteiger partial charge >= 0.3 is 0 Å². The van der Waals surface area contributed by atoms with E-state index in [4.69, 9.17) is 0 Å². The van der Waals surface area contributed by atoms with Crippen LogP contribution in [-0.2, 0) is 5.92 Å². The Hall–Kier alpha value is -0.970. The molecular weight excluding hydrogens is 278 g/mol. The number of alkyl halides is 2. The number of rotatable bonds is 0. The fraction of sp³-hybridized carbons (Fsp3) is 0.364. The lowest BCUT2D eigenvalue weighted by Crippen LogP contribution is -2.07. The molecule has 1 aliphatic rings. The van der Waals surface area contributed by atoms with Crippen molar-refractivity contribution >= 4 is 26.8 Å². The summed E-state index contributed by atoms with van der Waals surface area (Å²) in [5.41, 5.74) is 1.50. The summed E-state index contributed by atoms with van der Waals surface area (Å²) in [5, 5.41) is 7.47. The van der Waals surface area contributed by atoms with Gasteiger partial charge in [0.15, 0.2) is 0 Å². The summed E-state index contributed by atoms with van der Waals surface area (Å²) >= 11 is 3.41. The highest BCUT2D eigenvalue weighted by Gasteiger charge is 2.44. The molecule has 0 aliphatic heterocycles. The minimum Gasteiger partial charge on any atom is -0.278 e. The second-order valence-electron chi connectivity index (χ2n) is 4.29. The van der Waals surface area contributed by atoms with Crippen molar-refractivity contribution in [2.45, 2.75) is 25.2 Å². The third-order valence-electron chi connectivity index (χ3n) is 3.17. The summed E-state index contributed by atoms with van der Waals surface area (Å²) in [6.45, 7) is 1.83. The van der Waals surface area contributed by atoms with E-state index >= 15 is 0 Å². The molecule has 0 spiro atoms. The van der Waals surface area contributed by atoms with Gasteiger partial charge in [0, 0.05) is 21.8 Å². The summed E-state index contributed by atoms with van der Waals surface area (Å²) in [4.78, 5) is 0. The standard InChI is InChI=1S/C11H9BrF2N2/c1-5-3-11(13,14)7-2-8-6(4-15-16-8)10(12)9(5)7/h2,4-5H,3H2,1H3,(H,15,16)/t5-/m1/s1. The van der Waals surface area contributed by atoms with Crippen molar-refractivity contribution in [3.8, 4) is 0 Å². The van der Waals surface area contributed by atoms with Crippen LogP contribution in [0.15, 0.2) is 16.7 Å². The third kappa shape index (κ3) is 1.18. The number of benzene rings is 1. The van der Waals surface area contributed by atoms with E-state index in [0.717, 1.165) is 15.4 Å². The van der Waals surface area contributed by atoms with E-state index in [9.17, 15) is 8.78 Å². The lowest BCUT2D eigenvalue weighted by molar-refractivity contribution is -0.00567. The molecule has 0 radical (unpaired) electrons. The minimum absolute atomic E-state index is 0.110. The van der Waals surface area contributed by atoms with Crippen LogP contribution in [0.25, 0.3) is 10.9 Å². The number of nitrogens with zero attached hydrogens (tertiary/aromatic N) is 1. The van der Waals surface area contributed by atoms with Gasteiger partial charge in [-0.3, -0.25) is 5.10 Å². The molecule has 0 saturated heterocycles. The zero-order valence-electron chi connectivity index (χ0n) is 8.52. The molecule has 5 heteroatoms. The zero-order chi connectivity index (χ0) is 11.5. The topological polar surface area (TPSA) is 28.7 Å². The molecular formula is C11H9BrF2N2. The van der Waals surface area contributed by atoms with E-state index in [0.29, 0.717) is 5.52 Å². The Balaban J connectivity index is 2.42. The van der Waals surface area contributed by atoms with E-state index in [-0.39, 0.29) is 17.9 Å². The zero-order valence-corrected chi connectivity index (χ0v) is 10.1. The molecule has 0 saturated carbocycles. The average molecular weight is 287 g/mol. The lowest BCUT2D eigenvalue weighted by atomic mass is 10.0. The van der Waals surface area contributed by atoms with Gasteiger partial charge < -0.3 is 0 Å². The molecule has 1 aliphatic carbocycles. The highest BCUT2D eigenvalue weighted by Crippen LogP contribution is 2.52. The van der Waals surface area contributed by atoms with Gasteiger partial charge in [0.05, 0.1) is 11.7 Å². The van der Waals surface area contributed by atoms with Gasteiger partial charge in [-0.15, -0.1) is 0 Å². The molecule has 2 nitrogen and oxygen atoms in total. The van der Waals surface area contributed by atoms with Crippen molar-refractivity contribution in [2.24, 2.45) is 0 Å². The second kappa shape index (κ2) is 3.03. The summed E-state index contributed by atoms with van der Waals surface area (Å²) < 4.78 is 28.2. The molecule has 84 valence electrons. The number of aromatic nitrogens is 2. The third-order valence-corrected chi connectivity index (χ3v) is 4.02. The quantitative estimate of drug-likeness (QED) is 0.781. The van der Waals surface area contributed by atoms with Crippen molar-refractivity contribution in [1.29, 1.82) is 0 Å². The smallest absolute Gasteiger partial charge is 0.274 e. The van der Waals surface area contributed by atoms with Crippen LogP contribution in [0.2, 0.25) is 0 Å². The van der Waals surface area contributed by atoms with Gasteiger partial charge in [0.25, 0.3) is 5.92 Å². The maximum Gasteiger partial charge on any atom is 0.274 e. The van der Waals surface area contributed by atoms with E-state index in [1.54, 1.807) is 6.20 Å². The van der Waals surface area contributed by atoms with Gasteiger partial charge in [0.2, 0.25) is 0 Å². The summed E-state index contributed by atoms with van der Waals surface area (Å²) in [5.74, 6) is -2.85. The van der Waals surface area contributed by atoms with E-state index in [2.05, 4.69) is 26.1 Å². The van der Waals surface area contributed by atoms with Crippen molar-refractivity contribution in [1.82, 2.24) is 10.2 Å². The van der Waals surface area contributed by atoms with Crippen molar-refractivity contribution in [2.75, 3.05) is 0 Å². The van der Waals surface area contributed by atoms with Crippen LogP contribution in [-0.4, -0.2) is 10.2 Å². The summed E-state index contributed by atoms with van der Waals surface area (Å²) in [6, 6.07) is 1.52. The lowest BCUT2D eigenvalue weighted by Gasteiger charge is -2.10. The molecule has 3 rings (SSSR count). The Kier molecular flexibility index (Phi) is 1.93. The normalized spacial score (nSPS) is 22.6. The van der Waals surface area contributed by atoms with Gasteiger partial charge in [-0.2, -0.15) is 5.10 Å². The average Bonchev–Trinajstić information content (AvgIpc) is 2.71. The van der Waals surface area contributed by atoms with Crippen LogP contribution in [0.1, 0.15) is 30.4 Å². The number of halogens is 3. The Bertz CT molecular complexity index is 577. The molecule has 2 aromatic rings. The maximum atomic E-state index is 13.7. The fourth-order valence-corrected chi connectivity index (χ4v) is 3.37. The maximum absolute atomic E-state index is 13.7. The van der Waals surface area contributed by atoms with Gasteiger partial charge in [0.1, 0.15) is 0 Å². The predicted molar refractivity (Wildman–Crippen MR) is 60.7 cm³/mol. The van der Waals surface area contributed by atoms with Crippen LogP contribution in [0, 0.1) is 0 Å². The first-order valence-corrected chi connectivity index (χ1v) is 5.84. The molecule has 0 amide bonds. The molecule has 1 atom stereocenters. The highest BCUT2D eigenvalue weighted by atomic mass is 79.9. The van der Waals surface area contributed by atoms with Gasteiger partial charge in [-0.05, 0) is 33.5 Å². The minimum atomic E-state index is -2.73.